The molecule has 0 saturated heterocycles. The van der Waals surface area contributed by atoms with E-state index in [9.17, 15) is 0 Å². The Balaban J connectivity index is 2.20. The Morgan fingerprint density at radius 2 is 2.36 bits per heavy atom. The minimum atomic E-state index is 0.261. The molecule has 14 heavy (non-hydrogen) atoms. The van der Waals surface area contributed by atoms with Crippen LogP contribution in [0.1, 0.15) is 25.5 Å². The highest BCUT2D eigenvalue weighted by Gasteiger charge is 2.00. The topological polar surface area (TPSA) is 58.0 Å². The number of hydrogen-bond acceptors (Lipinski definition) is 4. The van der Waals surface area contributed by atoms with Gasteiger partial charge in [-0.1, -0.05) is 0 Å². The van der Waals surface area contributed by atoms with E-state index < -0.39 is 0 Å². The SMILES string of the molecule is CC(CCCO)NCc1cnccn1. The molecular weight excluding hydrogens is 178 g/mol. The van der Waals surface area contributed by atoms with Crippen molar-refractivity contribution in [2.45, 2.75) is 32.4 Å². The van der Waals surface area contributed by atoms with Gasteiger partial charge in [0.05, 0.1) is 5.69 Å². The number of aromatic nitrogens is 2. The summed E-state index contributed by atoms with van der Waals surface area (Å²) in [5.41, 5.74) is 0.948. The first-order valence-corrected chi connectivity index (χ1v) is 4.92. The van der Waals surface area contributed by atoms with Gasteiger partial charge in [0.25, 0.3) is 0 Å². The molecule has 4 heteroatoms. The molecule has 0 aromatic carbocycles. The molecule has 0 bridgehead atoms. The maximum atomic E-state index is 8.65. The number of aliphatic hydroxyl groups is 1. The summed E-state index contributed by atoms with van der Waals surface area (Å²) in [6.45, 7) is 3.10. The predicted octanol–water partition coefficient (Wildman–Crippen LogP) is 0.727. The van der Waals surface area contributed by atoms with Crippen LogP contribution in [-0.2, 0) is 6.54 Å². The third-order valence-corrected chi connectivity index (χ3v) is 2.04. The minimum Gasteiger partial charge on any atom is -0.396 e. The van der Waals surface area contributed by atoms with Gasteiger partial charge in [-0.25, -0.2) is 0 Å². The summed E-state index contributed by atoms with van der Waals surface area (Å²) in [5, 5.41) is 12.0. The van der Waals surface area contributed by atoms with Crippen molar-refractivity contribution in [3.63, 3.8) is 0 Å². The zero-order chi connectivity index (χ0) is 10.2. The van der Waals surface area contributed by atoms with Crippen LogP contribution in [0.15, 0.2) is 18.6 Å². The number of nitrogens with one attached hydrogen (secondary N) is 1. The average Bonchev–Trinajstić information content (AvgIpc) is 2.25. The highest BCUT2D eigenvalue weighted by Crippen LogP contribution is 1.97. The van der Waals surface area contributed by atoms with Crippen molar-refractivity contribution in [1.82, 2.24) is 15.3 Å². The quantitative estimate of drug-likeness (QED) is 0.702. The molecule has 1 rings (SSSR count). The molecule has 0 amide bonds. The van der Waals surface area contributed by atoms with Crippen LogP contribution >= 0.6 is 0 Å². The molecule has 4 nitrogen and oxygen atoms in total. The zero-order valence-electron chi connectivity index (χ0n) is 8.48. The smallest absolute Gasteiger partial charge is 0.0724 e. The number of rotatable bonds is 6. The van der Waals surface area contributed by atoms with Gasteiger partial charge in [0.15, 0.2) is 0 Å². The molecule has 78 valence electrons. The predicted molar refractivity (Wildman–Crippen MR) is 54.7 cm³/mol. The molecule has 0 spiro atoms. The van der Waals surface area contributed by atoms with Gasteiger partial charge in [0.2, 0.25) is 0 Å². The van der Waals surface area contributed by atoms with E-state index in [0.717, 1.165) is 25.1 Å². The molecule has 0 aliphatic heterocycles. The summed E-state index contributed by atoms with van der Waals surface area (Å²) in [4.78, 5) is 8.14. The monoisotopic (exact) mass is 195 g/mol. The molecule has 0 fully saturated rings. The summed E-state index contributed by atoms with van der Waals surface area (Å²) >= 11 is 0. The fraction of sp³-hybridized carbons (Fsp3) is 0.600. The first-order chi connectivity index (χ1) is 6.83. The molecular formula is C10H17N3O. The second-order valence-corrected chi connectivity index (χ2v) is 3.34. The van der Waals surface area contributed by atoms with Crippen LogP contribution in [0.4, 0.5) is 0 Å². The summed E-state index contributed by atoms with van der Waals surface area (Å²) in [6, 6.07) is 0.407. The molecule has 0 saturated carbocycles. The Hall–Kier alpha value is -1.00. The van der Waals surface area contributed by atoms with Crippen LogP contribution in [0.2, 0.25) is 0 Å². The van der Waals surface area contributed by atoms with E-state index in [-0.39, 0.29) is 6.61 Å². The summed E-state index contributed by atoms with van der Waals surface area (Å²) in [6.07, 6.45) is 6.94. The lowest BCUT2D eigenvalue weighted by molar-refractivity contribution is 0.276. The first-order valence-electron chi connectivity index (χ1n) is 4.92. The van der Waals surface area contributed by atoms with Crippen LogP contribution in [0.3, 0.4) is 0 Å². The van der Waals surface area contributed by atoms with Crippen LogP contribution in [0.5, 0.6) is 0 Å². The van der Waals surface area contributed by atoms with Gasteiger partial charge in [-0.3, -0.25) is 9.97 Å². The van der Waals surface area contributed by atoms with Crippen LogP contribution in [0.25, 0.3) is 0 Å². The zero-order valence-corrected chi connectivity index (χ0v) is 8.48. The standard InChI is InChI=1S/C10H17N3O/c1-9(3-2-6-14)13-8-10-7-11-4-5-12-10/h4-5,7,9,13-14H,2-3,6,8H2,1H3. The van der Waals surface area contributed by atoms with E-state index in [1.54, 1.807) is 18.6 Å². The van der Waals surface area contributed by atoms with Gasteiger partial charge in [-0.2, -0.15) is 0 Å². The Kier molecular flexibility index (Phi) is 5.11. The lowest BCUT2D eigenvalue weighted by Gasteiger charge is -2.11. The van der Waals surface area contributed by atoms with Crippen molar-refractivity contribution in [3.05, 3.63) is 24.3 Å². The summed E-state index contributed by atoms with van der Waals surface area (Å²) in [7, 11) is 0. The molecule has 1 atom stereocenters. The van der Waals surface area contributed by atoms with Crippen LogP contribution < -0.4 is 5.32 Å². The molecule has 0 radical (unpaired) electrons. The second-order valence-electron chi connectivity index (χ2n) is 3.34. The van der Waals surface area contributed by atoms with Crippen molar-refractivity contribution in [1.29, 1.82) is 0 Å². The Bertz CT molecular complexity index is 240. The maximum Gasteiger partial charge on any atom is 0.0724 e. The van der Waals surface area contributed by atoms with E-state index in [0.29, 0.717) is 6.04 Å². The molecule has 1 unspecified atom stereocenters. The first kappa shape index (κ1) is 11.1. The molecule has 0 aliphatic carbocycles. The summed E-state index contributed by atoms with van der Waals surface area (Å²) in [5.74, 6) is 0. The second kappa shape index (κ2) is 6.45. The fourth-order valence-electron chi connectivity index (χ4n) is 1.20. The van der Waals surface area contributed by atoms with Gasteiger partial charge in [-0.15, -0.1) is 0 Å². The van der Waals surface area contributed by atoms with Gasteiger partial charge in [0, 0.05) is 37.8 Å². The lowest BCUT2D eigenvalue weighted by atomic mass is 10.2. The van der Waals surface area contributed by atoms with Gasteiger partial charge in [0.1, 0.15) is 0 Å². The van der Waals surface area contributed by atoms with Gasteiger partial charge in [-0.05, 0) is 19.8 Å². The van der Waals surface area contributed by atoms with E-state index >= 15 is 0 Å². The van der Waals surface area contributed by atoms with Crippen molar-refractivity contribution in [2.75, 3.05) is 6.61 Å². The minimum absolute atomic E-state index is 0.261. The lowest BCUT2D eigenvalue weighted by Crippen LogP contribution is -2.26. The van der Waals surface area contributed by atoms with Crippen LogP contribution in [0, 0.1) is 0 Å². The Morgan fingerprint density at radius 3 is 3.00 bits per heavy atom. The van der Waals surface area contributed by atoms with E-state index in [1.807, 2.05) is 0 Å². The largest absolute Gasteiger partial charge is 0.396 e. The number of aliphatic hydroxyl groups excluding tert-OH is 1. The van der Waals surface area contributed by atoms with Gasteiger partial charge < -0.3 is 10.4 Å². The van der Waals surface area contributed by atoms with E-state index in [1.165, 1.54) is 0 Å². The molecule has 1 heterocycles. The molecule has 2 N–H and O–H groups in total. The maximum absolute atomic E-state index is 8.65. The van der Waals surface area contributed by atoms with E-state index in [2.05, 4.69) is 22.2 Å². The van der Waals surface area contributed by atoms with Crippen molar-refractivity contribution >= 4 is 0 Å². The van der Waals surface area contributed by atoms with Crippen LogP contribution in [-0.4, -0.2) is 27.7 Å². The normalized spacial score (nSPS) is 12.7. The highest BCUT2D eigenvalue weighted by molar-refractivity contribution is 4.93. The fourth-order valence-corrected chi connectivity index (χ4v) is 1.20. The Labute approximate surface area is 84.4 Å². The van der Waals surface area contributed by atoms with Gasteiger partial charge >= 0.3 is 0 Å². The molecule has 0 aliphatic rings. The third-order valence-electron chi connectivity index (χ3n) is 2.04. The Morgan fingerprint density at radius 1 is 1.50 bits per heavy atom. The molecule has 1 aromatic rings. The van der Waals surface area contributed by atoms with E-state index in [4.69, 9.17) is 5.11 Å². The average molecular weight is 195 g/mol. The van der Waals surface area contributed by atoms with Crippen molar-refractivity contribution in [2.24, 2.45) is 0 Å². The van der Waals surface area contributed by atoms with Crippen molar-refractivity contribution < 1.29 is 5.11 Å². The van der Waals surface area contributed by atoms with Crippen molar-refractivity contribution in [3.8, 4) is 0 Å². The number of hydrogen-bond donors (Lipinski definition) is 2. The number of nitrogens with zero attached hydrogens (tertiary/aromatic N) is 2. The molecule has 1 aromatic heterocycles. The highest BCUT2D eigenvalue weighted by atomic mass is 16.2. The summed E-state index contributed by atoms with van der Waals surface area (Å²) < 4.78 is 0. The third kappa shape index (κ3) is 4.30.